The van der Waals surface area contributed by atoms with Crippen molar-refractivity contribution in [1.82, 2.24) is 4.98 Å². The maximum Gasteiger partial charge on any atom is 0.330 e. The van der Waals surface area contributed by atoms with Crippen LogP contribution in [-0.4, -0.2) is 38.9 Å². The minimum absolute atomic E-state index is 0.320. The van der Waals surface area contributed by atoms with Gasteiger partial charge in [-0.3, -0.25) is 4.98 Å². The lowest BCUT2D eigenvalue weighted by atomic mass is 10.1. The summed E-state index contributed by atoms with van der Waals surface area (Å²) in [7, 11) is 4.64. The number of carbonyl (C=O) groups excluding carboxylic acids is 1. The molecular weight excluding hydrogens is 298 g/mol. The van der Waals surface area contributed by atoms with Gasteiger partial charge in [0, 0.05) is 12.3 Å². The summed E-state index contributed by atoms with van der Waals surface area (Å²) in [6.45, 7) is 2.07. The van der Waals surface area contributed by atoms with Gasteiger partial charge in [0.2, 0.25) is 5.75 Å². The molecule has 0 radical (unpaired) electrons. The highest BCUT2D eigenvalue weighted by Gasteiger charge is 2.18. The van der Waals surface area contributed by atoms with Gasteiger partial charge < -0.3 is 18.9 Å². The van der Waals surface area contributed by atoms with Gasteiger partial charge in [0.05, 0.1) is 39.0 Å². The number of ether oxygens (including phenoxy) is 4. The van der Waals surface area contributed by atoms with Gasteiger partial charge in [-0.2, -0.15) is 0 Å². The third kappa shape index (κ3) is 3.36. The summed E-state index contributed by atoms with van der Waals surface area (Å²) >= 11 is 0. The molecule has 0 aliphatic carbocycles. The predicted molar refractivity (Wildman–Crippen MR) is 87.1 cm³/mol. The van der Waals surface area contributed by atoms with Crippen LogP contribution in [-0.2, 0) is 9.53 Å². The van der Waals surface area contributed by atoms with Crippen LogP contribution in [0.25, 0.3) is 16.8 Å². The molecule has 0 aliphatic rings. The Hall–Kier alpha value is -2.76. The highest BCUT2D eigenvalue weighted by molar-refractivity contribution is 5.99. The molecule has 6 nitrogen and oxygen atoms in total. The molecule has 23 heavy (non-hydrogen) atoms. The zero-order valence-corrected chi connectivity index (χ0v) is 13.6. The van der Waals surface area contributed by atoms with Crippen LogP contribution < -0.4 is 14.2 Å². The van der Waals surface area contributed by atoms with Gasteiger partial charge in [-0.15, -0.1) is 0 Å². The number of aromatic nitrogens is 1. The second-order valence-electron chi connectivity index (χ2n) is 4.53. The fraction of sp³-hybridized carbons (Fsp3) is 0.294. The summed E-state index contributed by atoms with van der Waals surface area (Å²) < 4.78 is 21.1. The van der Waals surface area contributed by atoms with Crippen LogP contribution >= 0.6 is 0 Å². The van der Waals surface area contributed by atoms with Crippen LogP contribution in [0.1, 0.15) is 12.6 Å². The van der Waals surface area contributed by atoms with E-state index in [1.54, 1.807) is 33.4 Å². The van der Waals surface area contributed by atoms with E-state index in [-0.39, 0.29) is 0 Å². The van der Waals surface area contributed by atoms with Crippen molar-refractivity contribution in [2.24, 2.45) is 0 Å². The number of carbonyl (C=O) groups is 1. The van der Waals surface area contributed by atoms with E-state index < -0.39 is 5.97 Å². The molecule has 0 amide bonds. The van der Waals surface area contributed by atoms with Gasteiger partial charge in [-0.05, 0) is 30.5 Å². The fourth-order valence-electron chi connectivity index (χ4n) is 2.30. The van der Waals surface area contributed by atoms with Gasteiger partial charge in [-0.1, -0.05) is 0 Å². The monoisotopic (exact) mass is 317 g/mol. The fourth-order valence-corrected chi connectivity index (χ4v) is 2.30. The average molecular weight is 317 g/mol. The first-order valence-corrected chi connectivity index (χ1v) is 7.08. The first-order chi connectivity index (χ1) is 11.2. The minimum Gasteiger partial charge on any atom is -0.493 e. The Morgan fingerprint density at radius 1 is 1.17 bits per heavy atom. The summed E-state index contributed by atoms with van der Waals surface area (Å²) in [5.74, 6) is 1.11. The molecule has 1 aromatic heterocycles. The molecule has 6 heteroatoms. The zero-order valence-electron chi connectivity index (χ0n) is 13.6. The summed E-state index contributed by atoms with van der Waals surface area (Å²) in [4.78, 5) is 15.8. The third-order valence-corrected chi connectivity index (χ3v) is 3.25. The molecule has 0 saturated heterocycles. The lowest BCUT2D eigenvalue weighted by Gasteiger charge is -2.15. The second kappa shape index (κ2) is 7.49. The number of esters is 1. The maximum atomic E-state index is 11.5. The van der Waals surface area contributed by atoms with Crippen molar-refractivity contribution in [3.63, 3.8) is 0 Å². The number of hydrogen-bond donors (Lipinski definition) is 0. The normalized spacial score (nSPS) is 10.8. The van der Waals surface area contributed by atoms with E-state index in [0.29, 0.717) is 29.5 Å². The molecule has 0 aliphatic heterocycles. The highest BCUT2D eigenvalue weighted by atomic mass is 16.5. The van der Waals surface area contributed by atoms with E-state index in [4.69, 9.17) is 18.9 Å². The largest absolute Gasteiger partial charge is 0.493 e. The van der Waals surface area contributed by atoms with Crippen molar-refractivity contribution in [1.29, 1.82) is 0 Å². The summed E-state index contributed by atoms with van der Waals surface area (Å²) in [5.41, 5.74) is 0.577. The van der Waals surface area contributed by atoms with Crippen LogP contribution in [0.3, 0.4) is 0 Å². The number of nitrogens with zero attached hydrogens (tertiary/aromatic N) is 1. The van der Waals surface area contributed by atoms with E-state index in [0.717, 1.165) is 10.8 Å². The predicted octanol–water partition coefficient (Wildman–Crippen LogP) is 2.84. The Kier molecular flexibility index (Phi) is 5.41. The van der Waals surface area contributed by atoms with E-state index in [1.807, 2.05) is 12.1 Å². The molecule has 0 fully saturated rings. The molecule has 0 spiro atoms. The first-order valence-electron chi connectivity index (χ1n) is 7.08. The SMILES string of the molecule is CCOC(=O)/C=C/c1nccc2cc(OC)c(OC)c(OC)c12. The standard InChI is InChI=1S/C17H19NO5/c1-5-23-14(19)7-6-12-15-11(8-9-18-12)10-13(20-2)16(21-3)17(15)22-4/h6-10H,5H2,1-4H3/b7-6+. The van der Waals surface area contributed by atoms with Crippen molar-refractivity contribution < 1.29 is 23.7 Å². The topological polar surface area (TPSA) is 66.9 Å². The van der Waals surface area contributed by atoms with Gasteiger partial charge in [-0.25, -0.2) is 4.79 Å². The molecule has 1 aromatic carbocycles. The van der Waals surface area contributed by atoms with Crippen molar-refractivity contribution in [3.8, 4) is 17.2 Å². The molecule has 1 heterocycles. The Balaban J connectivity index is 2.65. The van der Waals surface area contributed by atoms with Crippen LogP contribution in [0, 0.1) is 0 Å². The molecule has 0 atom stereocenters. The second-order valence-corrected chi connectivity index (χ2v) is 4.53. The van der Waals surface area contributed by atoms with Crippen molar-refractivity contribution >= 4 is 22.8 Å². The molecule has 0 saturated carbocycles. The Morgan fingerprint density at radius 3 is 2.52 bits per heavy atom. The Morgan fingerprint density at radius 2 is 1.91 bits per heavy atom. The van der Waals surface area contributed by atoms with Crippen LogP contribution in [0.2, 0.25) is 0 Å². The van der Waals surface area contributed by atoms with Gasteiger partial charge >= 0.3 is 5.97 Å². The number of rotatable bonds is 6. The maximum absolute atomic E-state index is 11.5. The lowest BCUT2D eigenvalue weighted by molar-refractivity contribution is -0.137. The van der Waals surface area contributed by atoms with Crippen molar-refractivity contribution in [2.45, 2.75) is 6.92 Å². The number of benzene rings is 1. The van der Waals surface area contributed by atoms with E-state index in [1.165, 1.54) is 13.2 Å². The Bertz CT molecular complexity index is 739. The van der Waals surface area contributed by atoms with E-state index in [9.17, 15) is 4.79 Å². The molecule has 122 valence electrons. The summed E-state index contributed by atoms with van der Waals surface area (Å²) in [5, 5.41) is 1.59. The third-order valence-electron chi connectivity index (χ3n) is 3.25. The molecule has 0 bridgehead atoms. The number of pyridine rings is 1. The first kappa shape index (κ1) is 16.6. The number of fused-ring (bicyclic) bond motifs is 1. The minimum atomic E-state index is -0.425. The van der Waals surface area contributed by atoms with Gasteiger partial charge in [0.1, 0.15) is 0 Å². The van der Waals surface area contributed by atoms with Crippen LogP contribution in [0.15, 0.2) is 24.4 Å². The highest BCUT2D eigenvalue weighted by Crippen LogP contribution is 2.44. The number of hydrogen-bond acceptors (Lipinski definition) is 6. The molecule has 2 aromatic rings. The van der Waals surface area contributed by atoms with Crippen LogP contribution in [0.5, 0.6) is 17.2 Å². The average Bonchev–Trinajstić information content (AvgIpc) is 2.58. The van der Waals surface area contributed by atoms with E-state index >= 15 is 0 Å². The molecule has 2 rings (SSSR count). The van der Waals surface area contributed by atoms with Gasteiger partial charge in [0.15, 0.2) is 11.5 Å². The van der Waals surface area contributed by atoms with Crippen LogP contribution in [0.4, 0.5) is 0 Å². The molecular formula is C17H19NO5. The van der Waals surface area contributed by atoms with Crippen molar-refractivity contribution in [2.75, 3.05) is 27.9 Å². The molecule has 0 unspecified atom stereocenters. The lowest BCUT2D eigenvalue weighted by Crippen LogP contribution is -2.00. The van der Waals surface area contributed by atoms with E-state index in [2.05, 4.69) is 4.98 Å². The quantitative estimate of drug-likeness (QED) is 0.603. The Labute approximate surface area is 134 Å². The van der Waals surface area contributed by atoms with Gasteiger partial charge in [0.25, 0.3) is 0 Å². The number of methoxy groups -OCH3 is 3. The zero-order chi connectivity index (χ0) is 16.8. The molecule has 0 N–H and O–H groups in total. The van der Waals surface area contributed by atoms with Crippen molar-refractivity contribution in [3.05, 3.63) is 30.1 Å². The summed E-state index contributed by atoms with van der Waals surface area (Å²) in [6.07, 6.45) is 4.58. The smallest absolute Gasteiger partial charge is 0.330 e. The summed E-state index contributed by atoms with van der Waals surface area (Å²) in [6, 6.07) is 3.67.